The maximum absolute atomic E-state index is 13.6. The lowest BCUT2D eigenvalue weighted by molar-refractivity contribution is -0.151. The quantitative estimate of drug-likeness (QED) is 0.390. The third kappa shape index (κ3) is 6.44. The van der Waals surface area contributed by atoms with Gasteiger partial charge in [0.25, 0.3) is 0 Å². The van der Waals surface area contributed by atoms with Crippen molar-refractivity contribution in [3.8, 4) is 5.75 Å². The summed E-state index contributed by atoms with van der Waals surface area (Å²) in [6, 6.07) is 3.62. The molecule has 1 aromatic rings. The Morgan fingerprint density at radius 3 is 2.62 bits per heavy atom. The molecule has 12 heteroatoms. The first-order chi connectivity index (χ1) is 19.7. The summed E-state index contributed by atoms with van der Waals surface area (Å²) in [5.41, 5.74) is -0.570. The molecule has 2 amide bonds. The van der Waals surface area contributed by atoms with E-state index in [4.69, 9.17) is 35.3 Å². The number of fused-ring (bicyclic) bond motifs is 5. The van der Waals surface area contributed by atoms with E-state index in [1.807, 2.05) is 26.0 Å². The number of esters is 1. The first-order valence-electron chi connectivity index (χ1n) is 13.8. The summed E-state index contributed by atoms with van der Waals surface area (Å²) in [5.74, 6) is -0.951. The molecule has 2 saturated heterocycles. The van der Waals surface area contributed by atoms with Gasteiger partial charge in [-0.1, -0.05) is 42.3 Å². The van der Waals surface area contributed by atoms with Crippen LogP contribution >= 0.6 is 11.6 Å². The largest absolute Gasteiger partial charge is 0.495 e. The molecule has 1 aromatic carbocycles. The van der Waals surface area contributed by atoms with Crippen LogP contribution in [-0.4, -0.2) is 80.1 Å². The normalized spacial score (nSPS) is 33.6. The number of ether oxygens (including phenoxy) is 5. The molecule has 230 valence electrons. The lowest BCUT2D eigenvalue weighted by Crippen LogP contribution is -2.63. The second kappa shape index (κ2) is 12.2. The third-order valence-electron chi connectivity index (χ3n) is 8.26. The fourth-order valence-electron chi connectivity index (χ4n) is 5.81. The van der Waals surface area contributed by atoms with Crippen LogP contribution in [0.15, 0.2) is 35.9 Å². The van der Waals surface area contributed by atoms with Crippen molar-refractivity contribution < 1.29 is 43.2 Å². The zero-order valence-corrected chi connectivity index (χ0v) is 25.7. The molecule has 3 aliphatic heterocycles. The molecule has 7 atom stereocenters. The molecule has 4 rings (SSSR count). The molecule has 3 aliphatic rings. The van der Waals surface area contributed by atoms with E-state index < -0.39 is 53.7 Å². The monoisotopic (exact) mass is 606 g/mol. The van der Waals surface area contributed by atoms with E-state index in [1.165, 1.54) is 26.0 Å². The maximum atomic E-state index is 13.6. The number of aliphatic hydroxyl groups is 1. The van der Waals surface area contributed by atoms with Gasteiger partial charge in [-0.05, 0) is 38.0 Å². The van der Waals surface area contributed by atoms with E-state index >= 15 is 0 Å². The second-order valence-corrected chi connectivity index (χ2v) is 11.8. The summed E-state index contributed by atoms with van der Waals surface area (Å²) in [7, 11) is 4.54. The number of allylic oxidation sites excluding steroid dienone is 3. The summed E-state index contributed by atoms with van der Waals surface area (Å²) in [6.45, 7) is 6.77. The molecule has 11 nitrogen and oxygen atoms in total. The van der Waals surface area contributed by atoms with Crippen LogP contribution in [0, 0.1) is 5.92 Å². The van der Waals surface area contributed by atoms with Crippen molar-refractivity contribution in [1.82, 2.24) is 5.32 Å². The van der Waals surface area contributed by atoms with Crippen molar-refractivity contribution in [2.75, 3.05) is 26.2 Å². The van der Waals surface area contributed by atoms with E-state index in [0.717, 1.165) is 11.1 Å². The fourth-order valence-corrected chi connectivity index (χ4v) is 6.12. The maximum Gasteiger partial charge on any atom is 0.409 e. The number of nitrogens with one attached hydrogen (secondary N) is 1. The highest BCUT2D eigenvalue weighted by Crippen LogP contribution is 2.49. The Bertz CT molecular complexity index is 1300. The molecule has 2 N–H and O–H groups in total. The summed E-state index contributed by atoms with van der Waals surface area (Å²) in [5, 5.41) is 14.3. The molecular weight excluding hydrogens is 568 g/mol. The van der Waals surface area contributed by atoms with Crippen LogP contribution in [0.5, 0.6) is 5.75 Å². The lowest BCUT2D eigenvalue weighted by Gasteiger charge is -2.42. The number of hydrogen-bond acceptors (Lipinski definition) is 9. The van der Waals surface area contributed by atoms with Crippen molar-refractivity contribution in [3.05, 3.63) is 46.5 Å². The SMILES string of the molecule is COc1cc2cc(c1Cl)N(C)C(=O)CC(OC(C)=O)[C@]1(C)O[C@H]1[C@H](C)[C@@H]1C[C@@](O)(NC(=O)O1)[C@H](OC)C=CC=C(C)C2. The standard InChI is InChI=1S/C30H39ClN2O9/c1-16-9-8-10-23(39-7)30(37)15-22(41-28(36)32-30)17(2)27-29(4,42-27)24(40-18(3)34)14-25(35)33(5)20-12-19(11-16)13-21(38-6)26(20)31/h8-10,12-13,17,22-24,27,37H,11,14-15H2,1-7H3,(H,32,36)/t17-,22+,23-,24?,27+,29+,30+/m1/s1. The van der Waals surface area contributed by atoms with Gasteiger partial charge >= 0.3 is 12.1 Å². The van der Waals surface area contributed by atoms with Crippen LogP contribution in [-0.2, 0) is 35.0 Å². The van der Waals surface area contributed by atoms with Crippen molar-refractivity contribution in [2.24, 2.45) is 5.92 Å². The molecule has 0 spiro atoms. The molecule has 1 unspecified atom stereocenters. The topological polar surface area (TPSA) is 136 Å². The summed E-state index contributed by atoms with van der Waals surface area (Å²) >= 11 is 6.64. The molecule has 0 aliphatic carbocycles. The first kappa shape index (κ1) is 31.8. The Morgan fingerprint density at radius 1 is 1.26 bits per heavy atom. The van der Waals surface area contributed by atoms with Crippen LogP contribution in [0.1, 0.15) is 46.1 Å². The minimum atomic E-state index is -1.76. The zero-order chi connectivity index (χ0) is 31.0. The fraction of sp³-hybridized carbons (Fsp3) is 0.567. The number of epoxide rings is 1. The number of rotatable bonds is 3. The van der Waals surface area contributed by atoms with Crippen molar-refractivity contribution in [3.63, 3.8) is 0 Å². The van der Waals surface area contributed by atoms with Crippen molar-refractivity contribution >= 4 is 35.3 Å². The number of anilines is 1. The van der Waals surface area contributed by atoms with Crippen LogP contribution in [0.2, 0.25) is 5.02 Å². The summed E-state index contributed by atoms with van der Waals surface area (Å²) in [6.07, 6.45) is 1.67. The molecule has 4 bridgehead atoms. The van der Waals surface area contributed by atoms with E-state index in [2.05, 4.69) is 5.32 Å². The average Bonchev–Trinajstić information content (AvgIpc) is 3.61. The molecule has 2 fully saturated rings. The summed E-state index contributed by atoms with van der Waals surface area (Å²) < 4.78 is 28.4. The number of benzene rings is 1. The Hall–Kier alpha value is -3.12. The number of carbonyl (C=O) groups is 3. The van der Waals surface area contributed by atoms with Gasteiger partial charge in [0.1, 0.15) is 34.7 Å². The van der Waals surface area contributed by atoms with Gasteiger partial charge in [-0.15, -0.1) is 0 Å². The minimum absolute atomic E-state index is 0.00538. The smallest absolute Gasteiger partial charge is 0.409 e. The molecule has 0 radical (unpaired) electrons. The Labute approximate surface area is 250 Å². The molecule has 0 aromatic heterocycles. The van der Waals surface area contributed by atoms with Crippen LogP contribution < -0.4 is 15.0 Å². The van der Waals surface area contributed by atoms with E-state index in [1.54, 1.807) is 32.2 Å². The summed E-state index contributed by atoms with van der Waals surface area (Å²) in [4.78, 5) is 39.7. The molecule has 3 heterocycles. The first-order valence-corrected chi connectivity index (χ1v) is 14.2. The van der Waals surface area contributed by atoms with Gasteiger partial charge in [0, 0.05) is 33.4 Å². The van der Waals surface area contributed by atoms with Gasteiger partial charge in [-0.2, -0.15) is 0 Å². The number of carbonyl (C=O) groups excluding carboxylic acids is 3. The number of nitrogens with zero attached hydrogens (tertiary/aromatic N) is 1. The number of hydrogen-bond donors (Lipinski definition) is 2. The minimum Gasteiger partial charge on any atom is -0.495 e. The Kier molecular flexibility index (Phi) is 9.27. The van der Waals surface area contributed by atoms with E-state index in [0.29, 0.717) is 17.9 Å². The highest BCUT2D eigenvalue weighted by Gasteiger charge is 2.64. The Morgan fingerprint density at radius 2 is 1.98 bits per heavy atom. The van der Waals surface area contributed by atoms with Gasteiger partial charge in [-0.3, -0.25) is 14.9 Å². The number of methoxy groups -OCH3 is 2. The number of alkyl carbamates (subject to hydrolysis) is 1. The predicted molar refractivity (Wildman–Crippen MR) is 154 cm³/mol. The van der Waals surface area contributed by atoms with Gasteiger partial charge in [-0.25, -0.2) is 4.79 Å². The highest BCUT2D eigenvalue weighted by atomic mass is 35.5. The second-order valence-electron chi connectivity index (χ2n) is 11.4. The van der Waals surface area contributed by atoms with Gasteiger partial charge in [0.2, 0.25) is 5.91 Å². The van der Waals surface area contributed by atoms with Crippen LogP contribution in [0.4, 0.5) is 10.5 Å². The van der Waals surface area contributed by atoms with E-state index in [9.17, 15) is 19.5 Å². The zero-order valence-electron chi connectivity index (χ0n) is 24.9. The molecular formula is C30H39ClN2O9. The predicted octanol–water partition coefficient (Wildman–Crippen LogP) is 3.69. The van der Waals surface area contributed by atoms with Crippen molar-refractivity contribution in [1.29, 1.82) is 0 Å². The van der Waals surface area contributed by atoms with Gasteiger partial charge in [0.15, 0.2) is 5.72 Å². The van der Waals surface area contributed by atoms with E-state index in [-0.39, 0.29) is 23.8 Å². The third-order valence-corrected chi connectivity index (χ3v) is 8.64. The number of halogens is 1. The molecule has 42 heavy (non-hydrogen) atoms. The van der Waals surface area contributed by atoms with Crippen LogP contribution in [0.25, 0.3) is 0 Å². The van der Waals surface area contributed by atoms with Crippen LogP contribution in [0.3, 0.4) is 0 Å². The molecule has 0 saturated carbocycles. The Balaban J connectivity index is 1.79. The average molecular weight is 607 g/mol. The van der Waals surface area contributed by atoms with Gasteiger partial charge < -0.3 is 33.7 Å². The highest BCUT2D eigenvalue weighted by molar-refractivity contribution is 6.35. The van der Waals surface area contributed by atoms with Crippen molar-refractivity contribution in [2.45, 2.75) is 82.7 Å². The lowest BCUT2D eigenvalue weighted by atomic mass is 9.83. The number of amides is 2. The van der Waals surface area contributed by atoms with Gasteiger partial charge in [0.05, 0.1) is 25.3 Å².